The molecule has 7 heteroatoms. The van der Waals surface area contributed by atoms with Gasteiger partial charge < -0.3 is 15.0 Å². The smallest absolute Gasteiger partial charge is 0.261 e. The van der Waals surface area contributed by atoms with Crippen LogP contribution in [-0.2, 0) is 22.6 Å². The predicted octanol–water partition coefficient (Wildman–Crippen LogP) is 6.40. The third-order valence-corrected chi connectivity index (χ3v) is 6.59. The van der Waals surface area contributed by atoms with Crippen molar-refractivity contribution in [2.75, 3.05) is 13.2 Å². The lowest BCUT2D eigenvalue weighted by atomic mass is 10.0. The molecule has 37 heavy (non-hydrogen) atoms. The number of aryl methyl sites for hydroxylation is 2. The van der Waals surface area contributed by atoms with E-state index in [4.69, 9.17) is 27.9 Å². The minimum atomic E-state index is -0.761. The van der Waals surface area contributed by atoms with Gasteiger partial charge in [-0.05, 0) is 60.2 Å². The largest absolute Gasteiger partial charge is 0.483 e. The van der Waals surface area contributed by atoms with Crippen molar-refractivity contribution in [3.63, 3.8) is 0 Å². The van der Waals surface area contributed by atoms with Crippen molar-refractivity contribution in [1.82, 2.24) is 10.2 Å². The van der Waals surface area contributed by atoms with Gasteiger partial charge >= 0.3 is 0 Å². The van der Waals surface area contributed by atoms with Gasteiger partial charge in [0.15, 0.2) is 6.61 Å². The molecule has 0 aliphatic heterocycles. The molecule has 196 valence electrons. The van der Waals surface area contributed by atoms with Gasteiger partial charge in [-0.1, -0.05) is 85.6 Å². The van der Waals surface area contributed by atoms with Crippen LogP contribution >= 0.6 is 23.2 Å². The van der Waals surface area contributed by atoms with Crippen LogP contribution < -0.4 is 10.1 Å². The Morgan fingerprint density at radius 3 is 2.38 bits per heavy atom. The zero-order chi connectivity index (χ0) is 26.9. The van der Waals surface area contributed by atoms with E-state index in [0.717, 1.165) is 16.7 Å². The standard InChI is InChI=1S/C30H34Cl2N2O3/c1-20(2)17-33-30(36)27(15-23-8-6-5-7-9-23)34(18-24-12-13-25(31)16-26(24)32)29(35)19-37-28-14-21(3)10-11-22(28)4/h5-14,16,20,27H,15,17-19H2,1-4H3,(H,33,36)/t27-/m1/s1. The Bertz CT molecular complexity index is 1210. The molecule has 1 atom stereocenters. The summed E-state index contributed by atoms with van der Waals surface area (Å²) in [6, 6.07) is 19.9. The summed E-state index contributed by atoms with van der Waals surface area (Å²) in [5.41, 5.74) is 3.61. The number of carbonyl (C=O) groups is 2. The first-order valence-electron chi connectivity index (χ1n) is 12.4. The molecule has 0 aliphatic rings. The molecule has 0 aliphatic carbocycles. The normalized spacial score (nSPS) is 11.8. The van der Waals surface area contributed by atoms with E-state index < -0.39 is 6.04 Å². The van der Waals surface area contributed by atoms with Gasteiger partial charge in [0.2, 0.25) is 5.91 Å². The molecule has 0 saturated carbocycles. The van der Waals surface area contributed by atoms with E-state index in [-0.39, 0.29) is 30.9 Å². The Labute approximate surface area is 229 Å². The number of amides is 2. The quantitative estimate of drug-likeness (QED) is 0.306. The summed E-state index contributed by atoms with van der Waals surface area (Å²) >= 11 is 12.6. The number of benzene rings is 3. The van der Waals surface area contributed by atoms with E-state index in [0.29, 0.717) is 34.3 Å². The van der Waals surface area contributed by atoms with Gasteiger partial charge in [-0.2, -0.15) is 0 Å². The topological polar surface area (TPSA) is 58.6 Å². The lowest BCUT2D eigenvalue weighted by molar-refractivity contribution is -0.142. The average Bonchev–Trinajstić information content (AvgIpc) is 2.86. The van der Waals surface area contributed by atoms with Gasteiger partial charge in [0.05, 0.1) is 0 Å². The number of ether oxygens (including phenoxy) is 1. The molecule has 5 nitrogen and oxygen atoms in total. The van der Waals surface area contributed by atoms with Gasteiger partial charge in [0.1, 0.15) is 11.8 Å². The van der Waals surface area contributed by atoms with Crippen molar-refractivity contribution in [2.24, 2.45) is 5.92 Å². The third kappa shape index (κ3) is 8.51. The molecule has 1 N–H and O–H groups in total. The summed E-state index contributed by atoms with van der Waals surface area (Å²) in [7, 11) is 0. The van der Waals surface area contributed by atoms with Crippen LogP contribution in [0.4, 0.5) is 0 Å². The van der Waals surface area contributed by atoms with Gasteiger partial charge in [-0.25, -0.2) is 0 Å². The van der Waals surface area contributed by atoms with E-state index in [1.54, 1.807) is 23.1 Å². The summed E-state index contributed by atoms with van der Waals surface area (Å²) in [4.78, 5) is 28.8. The van der Waals surface area contributed by atoms with Crippen LogP contribution in [0.25, 0.3) is 0 Å². The second kappa shape index (κ2) is 13.5. The molecular formula is C30H34Cl2N2O3. The maximum Gasteiger partial charge on any atom is 0.261 e. The first-order chi connectivity index (χ1) is 17.6. The van der Waals surface area contributed by atoms with Gasteiger partial charge in [-0.15, -0.1) is 0 Å². The van der Waals surface area contributed by atoms with Crippen LogP contribution in [0.3, 0.4) is 0 Å². The van der Waals surface area contributed by atoms with E-state index in [9.17, 15) is 9.59 Å². The minimum absolute atomic E-state index is 0.137. The highest BCUT2D eigenvalue weighted by molar-refractivity contribution is 6.35. The number of rotatable bonds is 11. The summed E-state index contributed by atoms with van der Waals surface area (Å²) in [5, 5.41) is 3.94. The van der Waals surface area contributed by atoms with Crippen LogP contribution in [0, 0.1) is 19.8 Å². The van der Waals surface area contributed by atoms with E-state index in [1.807, 2.05) is 76.2 Å². The number of hydrogen-bond donors (Lipinski definition) is 1. The number of hydrogen-bond acceptors (Lipinski definition) is 3. The number of carbonyl (C=O) groups excluding carboxylic acids is 2. The molecule has 0 saturated heterocycles. The van der Waals surface area contributed by atoms with E-state index in [1.165, 1.54) is 0 Å². The molecular weight excluding hydrogens is 507 g/mol. The second-order valence-corrected chi connectivity index (χ2v) is 10.5. The highest BCUT2D eigenvalue weighted by Crippen LogP contribution is 2.25. The Morgan fingerprint density at radius 1 is 0.973 bits per heavy atom. The summed E-state index contributed by atoms with van der Waals surface area (Å²) in [6.07, 6.45) is 0.352. The maximum atomic E-state index is 13.7. The molecule has 2 amide bonds. The van der Waals surface area contributed by atoms with Crippen LogP contribution in [-0.4, -0.2) is 35.9 Å². The lowest BCUT2D eigenvalue weighted by Gasteiger charge is -2.32. The fourth-order valence-electron chi connectivity index (χ4n) is 3.90. The van der Waals surface area contributed by atoms with Crippen molar-refractivity contribution in [2.45, 2.75) is 46.7 Å². The molecule has 0 fully saturated rings. The fraction of sp³-hybridized carbons (Fsp3) is 0.333. The fourth-order valence-corrected chi connectivity index (χ4v) is 4.36. The Hall–Kier alpha value is -3.02. The molecule has 3 aromatic rings. The van der Waals surface area contributed by atoms with Crippen LogP contribution in [0.2, 0.25) is 10.0 Å². The lowest BCUT2D eigenvalue weighted by Crippen LogP contribution is -2.52. The maximum absolute atomic E-state index is 13.7. The predicted molar refractivity (Wildman–Crippen MR) is 150 cm³/mol. The zero-order valence-corrected chi connectivity index (χ0v) is 23.3. The number of nitrogens with zero attached hydrogens (tertiary/aromatic N) is 1. The zero-order valence-electron chi connectivity index (χ0n) is 21.8. The Morgan fingerprint density at radius 2 is 1.70 bits per heavy atom. The van der Waals surface area contributed by atoms with Gasteiger partial charge in [0.25, 0.3) is 5.91 Å². The SMILES string of the molecule is Cc1ccc(C)c(OCC(=O)N(Cc2ccc(Cl)cc2Cl)[C@H](Cc2ccccc2)C(=O)NCC(C)C)c1. The molecule has 3 aromatic carbocycles. The summed E-state index contributed by atoms with van der Waals surface area (Å²) in [5.74, 6) is 0.376. The molecule has 0 bridgehead atoms. The first-order valence-corrected chi connectivity index (χ1v) is 13.1. The summed E-state index contributed by atoms with van der Waals surface area (Å²) < 4.78 is 5.95. The van der Waals surface area contributed by atoms with Crippen LogP contribution in [0.5, 0.6) is 5.75 Å². The van der Waals surface area contributed by atoms with E-state index >= 15 is 0 Å². The van der Waals surface area contributed by atoms with Gasteiger partial charge in [0, 0.05) is 29.6 Å². The Kier molecular flexibility index (Phi) is 10.4. The molecule has 3 rings (SSSR count). The number of nitrogens with one attached hydrogen (secondary N) is 1. The monoisotopic (exact) mass is 540 g/mol. The Balaban J connectivity index is 1.95. The third-order valence-electron chi connectivity index (χ3n) is 6.01. The molecule has 0 radical (unpaired) electrons. The van der Waals surface area contributed by atoms with Crippen molar-refractivity contribution in [3.8, 4) is 5.75 Å². The average molecular weight is 542 g/mol. The molecule has 0 unspecified atom stereocenters. The van der Waals surface area contributed by atoms with Gasteiger partial charge in [-0.3, -0.25) is 9.59 Å². The molecule has 0 heterocycles. The van der Waals surface area contributed by atoms with Crippen molar-refractivity contribution in [3.05, 3.63) is 99.0 Å². The van der Waals surface area contributed by atoms with Crippen molar-refractivity contribution in [1.29, 1.82) is 0 Å². The number of halogens is 2. The highest BCUT2D eigenvalue weighted by atomic mass is 35.5. The van der Waals surface area contributed by atoms with Crippen LogP contribution in [0.15, 0.2) is 66.7 Å². The molecule has 0 spiro atoms. The second-order valence-electron chi connectivity index (χ2n) is 9.66. The van der Waals surface area contributed by atoms with Crippen LogP contribution in [0.1, 0.15) is 36.1 Å². The minimum Gasteiger partial charge on any atom is -0.483 e. The summed E-state index contributed by atoms with van der Waals surface area (Å²) in [6.45, 7) is 8.39. The van der Waals surface area contributed by atoms with E-state index in [2.05, 4.69) is 5.32 Å². The highest BCUT2D eigenvalue weighted by Gasteiger charge is 2.31. The van der Waals surface area contributed by atoms with Crippen molar-refractivity contribution < 1.29 is 14.3 Å². The molecule has 0 aromatic heterocycles. The van der Waals surface area contributed by atoms with Crippen molar-refractivity contribution >= 4 is 35.0 Å². The first kappa shape index (κ1) is 28.5.